The molecule has 2 aromatic rings. The topological polar surface area (TPSA) is 53.1 Å². The summed E-state index contributed by atoms with van der Waals surface area (Å²) in [7, 11) is 1.64. The van der Waals surface area contributed by atoms with Crippen molar-refractivity contribution in [2.24, 2.45) is 0 Å². The van der Waals surface area contributed by atoms with Gasteiger partial charge in [-0.3, -0.25) is 14.5 Å². The Balaban J connectivity index is 1.54. The van der Waals surface area contributed by atoms with Gasteiger partial charge in [0.2, 0.25) is 5.91 Å². The molecule has 7 heteroatoms. The third-order valence-corrected chi connectivity index (χ3v) is 7.05. The van der Waals surface area contributed by atoms with E-state index >= 15 is 0 Å². The molecule has 6 nitrogen and oxygen atoms in total. The second-order valence-corrected chi connectivity index (χ2v) is 9.79. The Labute approximate surface area is 227 Å². The highest BCUT2D eigenvalue weighted by Gasteiger charge is 2.22. The highest BCUT2D eigenvalue weighted by atomic mass is 19.1. The largest absolute Gasteiger partial charge is 0.496 e. The van der Waals surface area contributed by atoms with Crippen molar-refractivity contribution in [3.05, 3.63) is 71.6 Å². The molecule has 0 atom stereocenters. The molecule has 1 fully saturated rings. The molecule has 0 radical (unpaired) electrons. The van der Waals surface area contributed by atoms with E-state index in [0.29, 0.717) is 31.6 Å². The molecule has 0 bridgehead atoms. The van der Waals surface area contributed by atoms with Gasteiger partial charge in [0.15, 0.2) is 0 Å². The zero-order chi connectivity index (χ0) is 27.2. The first-order valence-corrected chi connectivity index (χ1v) is 13.9. The van der Waals surface area contributed by atoms with Gasteiger partial charge in [-0.25, -0.2) is 4.39 Å². The summed E-state index contributed by atoms with van der Waals surface area (Å²) in [6.45, 7) is 6.94. The Kier molecular flexibility index (Phi) is 12.3. The predicted octanol–water partition coefficient (Wildman–Crippen LogP) is 5.49. The Hall–Kier alpha value is -3.19. The summed E-state index contributed by atoms with van der Waals surface area (Å²) in [4.78, 5) is 31.9. The van der Waals surface area contributed by atoms with Crippen molar-refractivity contribution in [1.82, 2.24) is 14.7 Å². The molecule has 1 aliphatic rings. The van der Waals surface area contributed by atoms with Gasteiger partial charge in [0.25, 0.3) is 5.91 Å². The number of carbonyl (C=O) groups excluding carboxylic acids is 2. The number of nitrogens with zero attached hydrogens (tertiary/aromatic N) is 3. The van der Waals surface area contributed by atoms with Gasteiger partial charge in [0.1, 0.15) is 11.6 Å². The number of benzene rings is 2. The molecular weight excluding hydrogens is 481 g/mol. The quantitative estimate of drug-likeness (QED) is 0.307. The van der Waals surface area contributed by atoms with E-state index in [1.165, 1.54) is 43.5 Å². The number of halogens is 1. The Morgan fingerprint density at radius 3 is 2.39 bits per heavy atom. The molecule has 2 amide bonds. The van der Waals surface area contributed by atoms with E-state index < -0.39 is 0 Å². The zero-order valence-corrected chi connectivity index (χ0v) is 22.9. The molecule has 0 aliphatic carbocycles. The summed E-state index contributed by atoms with van der Waals surface area (Å²) in [5.74, 6) is 0.536. The molecule has 38 heavy (non-hydrogen) atoms. The third kappa shape index (κ3) is 9.28. The predicted molar refractivity (Wildman–Crippen MR) is 151 cm³/mol. The standard InChI is InChI=1S/C31H42FN3O3/c1-3-4-5-6-7-14-30(36)34-23-20-33(21-24-34)22-25-35(31(37)27-15-17-28(32)18-16-27)19-10-12-26-11-8-9-13-29(26)38-2/h8-13,15-18H,3-7,14,19-25H2,1-2H3/b12-10+. The number of hydrogen-bond acceptors (Lipinski definition) is 4. The smallest absolute Gasteiger partial charge is 0.254 e. The molecule has 206 valence electrons. The minimum absolute atomic E-state index is 0.133. The number of carbonyl (C=O) groups is 2. The average Bonchev–Trinajstić information content (AvgIpc) is 2.95. The second kappa shape index (κ2) is 15.9. The summed E-state index contributed by atoms with van der Waals surface area (Å²) >= 11 is 0. The first kappa shape index (κ1) is 29.4. The molecule has 0 N–H and O–H groups in total. The number of ether oxygens (including phenoxy) is 1. The molecule has 1 saturated heterocycles. The monoisotopic (exact) mass is 523 g/mol. The molecule has 3 rings (SSSR count). The van der Waals surface area contributed by atoms with Crippen LogP contribution >= 0.6 is 0 Å². The molecule has 0 saturated carbocycles. The van der Waals surface area contributed by atoms with Gasteiger partial charge in [-0.2, -0.15) is 0 Å². The summed E-state index contributed by atoms with van der Waals surface area (Å²) < 4.78 is 18.8. The molecular formula is C31H42FN3O3. The lowest BCUT2D eigenvalue weighted by Gasteiger charge is -2.36. The van der Waals surface area contributed by atoms with Crippen molar-refractivity contribution in [2.75, 3.05) is 52.9 Å². The van der Waals surface area contributed by atoms with E-state index in [1.807, 2.05) is 41.3 Å². The minimum Gasteiger partial charge on any atom is -0.496 e. The number of para-hydroxylation sites is 1. The van der Waals surface area contributed by atoms with Crippen molar-refractivity contribution in [3.63, 3.8) is 0 Å². The normalized spacial score (nSPS) is 14.1. The summed E-state index contributed by atoms with van der Waals surface area (Å²) in [5, 5.41) is 0. The summed E-state index contributed by atoms with van der Waals surface area (Å²) in [6, 6.07) is 13.4. The fraction of sp³-hybridized carbons (Fsp3) is 0.484. The SMILES string of the molecule is CCCCCCCC(=O)N1CCN(CCN(C/C=C/c2ccccc2OC)C(=O)c2ccc(F)cc2)CC1. The van der Waals surface area contributed by atoms with Crippen LogP contribution in [0.15, 0.2) is 54.6 Å². The van der Waals surface area contributed by atoms with Crippen LogP contribution in [0.25, 0.3) is 6.08 Å². The number of hydrogen-bond donors (Lipinski definition) is 0. The molecule has 0 unspecified atom stereocenters. The average molecular weight is 524 g/mol. The number of unbranched alkanes of at least 4 members (excludes halogenated alkanes) is 4. The lowest BCUT2D eigenvalue weighted by atomic mass is 10.1. The van der Waals surface area contributed by atoms with Gasteiger partial charge in [0.05, 0.1) is 7.11 Å². The fourth-order valence-electron chi connectivity index (χ4n) is 4.68. The molecule has 0 spiro atoms. The van der Waals surface area contributed by atoms with E-state index in [0.717, 1.165) is 50.3 Å². The molecule has 1 aliphatic heterocycles. The van der Waals surface area contributed by atoms with Crippen molar-refractivity contribution in [3.8, 4) is 5.75 Å². The Morgan fingerprint density at radius 1 is 0.974 bits per heavy atom. The van der Waals surface area contributed by atoms with Crippen LogP contribution in [-0.2, 0) is 4.79 Å². The lowest BCUT2D eigenvalue weighted by Crippen LogP contribution is -2.50. The van der Waals surface area contributed by atoms with Crippen LogP contribution in [0.1, 0.15) is 61.4 Å². The summed E-state index contributed by atoms with van der Waals surface area (Å²) in [6.07, 6.45) is 10.3. The van der Waals surface area contributed by atoms with Gasteiger partial charge in [0, 0.05) is 63.4 Å². The Morgan fingerprint density at radius 2 is 1.68 bits per heavy atom. The number of methoxy groups -OCH3 is 1. The highest BCUT2D eigenvalue weighted by Crippen LogP contribution is 2.19. The van der Waals surface area contributed by atoms with Crippen molar-refractivity contribution in [2.45, 2.75) is 45.4 Å². The first-order valence-electron chi connectivity index (χ1n) is 13.9. The van der Waals surface area contributed by atoms with E-state index in [4.69, 9.17) is 4.74 Å². The van der Waals surface area contributed by atoms with Crippen LogP contribution < -0.4 is 4.74 Å². The van der Waals surface area contributed by atoms with Crippen molar-refractivity contribution >= 4 is 17.9 Å². The minimum atomic E-state index is -0.363. The van der Waals surface area contributed by atoms with E-state index in [1.54, 1.807) is 12.0 Å². The first-order chi connectivity index (χ1) is 18.5. The van der Waals surface area contributed by atoms with E-state index in [2.05, 4.69) is 11.8 Å². The lowest BCUT2D eigenvalue weighted by molar-refractivity contribution is -0.133. The van der Waals surface area contributed by atoms with Crippen LogP contribution in [0.5, 0.6) is 5.75 Å². The Bertz CT molecular complexity index is 1030. The van der Waals surface area contributed by atoms with Crippen LogP contribution in [0.4, 0.5) is 4.39 Å². The number of piperazine rings is 1. The second-order valence-electron chi connectivity index (χ2n) is 9.79. The van der Waals surface area contributed by atoms with Crippen molar-refractivity contribution < 1.29 is 18.7 Å². The third-order valence-electron chi connectivity index (χ3n) is 7.05. The summed E-state index contributed by atoms with van der Waals surface area (Å²) in [5.41, 5.74) is 1.40. The molecule has 2 aromatic carbocycles. The van der Waals surface area contributed by atoms with Crippen LogP contribution in [0, 0.1) is 5.82 Å². The number of rotatable bonds is 14. The van der Waals surface area contributed by atoms with Crippen LogP contribution in [-0.4, -0.2) is 79.4 Å². The fourth-order valence-corrected chi connectivity index (χ4v) is 4.68. The van der Waals surface area contributed by atoms with Gasteiger partial charge >= 0.3 is 0 Å². The maximum atomic E-state index is 13.4. The van der Waals surface area contributed by atoms with Gasteiger partial charge < -0.3 is 14.5 Å². The number of amides is 2. The maximum Gasteiger partial charge on any atom is 0.254 e. The molecule has 1 heterocycles. The van der Waals surface area contributed by atoms with Gasteiger partial charge in [-0.05, 0) is 36.8 Å². The molecule has 0 aromatic heterocycles. The van der Waals surface area contributed by atoms with E-state index in [-0.39, 0.29) is 17.6 Å². The van der Waals surface area contributed by atoms with Crippen LogP contribution in [0.3, 0.4) is 0 Å². The van der Waals surface area contributed by atoms with Crippen LogP contribution in [0.2, 0.25) is 0 Å². The van der Waals surface area contributed by atoms with Gasteiger partial charge in [-0.15, -0.1) is 0 Å². The zero-order valence-electron chi connectivity index (χ0n) is 22.9. The van der Waals surface area contributed by atoms with E-state index in [9.17, 15) is 14.0 Å². The van der Waals surface area contributed by atoms with Crippen molar-refractivity contribution in [1.29, 1.82) is 0 Å². The maximum absolute atomic E-state index is 13.4. The van der Waals surface area contributed by atoms with Gasteiger partial charge in [-0.1, -0.05) is 63.0 Å². The highest BCUT2D eigenvalue weighted by molar-refractivity contribution is 5.94.